The van der Waals surface area contributed by atoms with Crippen molar-refractivity contribution in [1.82, 2.24) is 24.2 Å². The highest BCUT2D eigenvalue weighted by Crippen LogP contribution is 2.18. The molecule has 1 fully saturated rings. The van der Waals surface area contributed by atoms with Crippen molar-refractivity contribution >= 4 is 24.0 Å². The molecular formula is C16H21N5S2. The molecule has 3 rings (SSSR count). The minimum atomic E-state index is 0.652. The van der Waals surface area contributed by atoms with Crippen molar-refractivity contribution in [2.45, 2.75) is 19.6 Å². The molecule has 5 nitrogen and oxygen atoms in total. The molecule has 0 atom stereocenters. The third-order valence-corrected chi connectivity index (χ3v) is 5.28. The number of rotatable bonds is 5. The summed E-state index contributed by atoms with van der Waals surface area (Å²) in [6, 6.07) is 3.93. The number of hydrogen-bond acceptors (Lipinski definition) is 5. The molecule has 3 heterocycles. The molecule has 0 saturated carbocycles. The second kappa shape index (κ2) is 7.90. The van der Waals surface area contributed by atoms with Crippen molar-refractivity contribution in [2.24, 2.45) is 0 Å². The van der Waals surface area contributed by atoms with E-state index >= 15 is 0 Å². The lowest BCUT2D eigenvalue weighted by molar-refractivity contribution is 0.221. The minimum absolute atomic E-state index is 0.652. The summed E-state index contributed by atoms with van der Waals surface area (Å²) in [5, 5.41) is 4.76. The van der Waals surface area contributed by atoms with Crippen LogP contribution in [0.25, 0.3) is 11.4 Å². The molecule has 1 aliphatic heterocycles. The first-order chi connectivity index (χ1) is 11.3. The number of hydrogen-bond donors (Lipinski definition) is 0. The van der Waals surface area contributed by atoms with Gasteiger partial charge in [-0.25, -0.2) is 4.68 Å². The molecule has 122 valence electrons. The Morgan fingerprint density at radius 3 is 3.04 bits per heavy atom. The van der Waals surface area contributed by atoms with Crippen LogP contribution in [-0.4, -0.2) is 48.8 Å². The van der Waals surface area contributed by atoms with E-state index in [-0.39, 0.29) is 0 Å². The largest absolute Gasteiger partial charge is 0.296 e. The van der Waals surface area contributed by atoms with Gasteiger partial charge in [0.05, 0.1) is 6.67 Å². The maximum Gasteiger partial charge on any atom is 0.199 e. The average Bonchev–Trinajstić information content (AvgIpc) is 2.76. The molecule has 0 bridgehead atoms. The topological polar surface area (TPSA) is 38.9 Å². The predicted octanol–water partition coefficient (Wildman–Crippen LogP) is 3.06. The molecule has 0 aromatic carbocycles. The van der Waals surface area contributed by atoms with Gasteiger partial charge in [0.2, 0.25) is 0 Å². The van der Waals surface area contributed by atoms with Crippen molar-refractivity contribution in [2.75, 3.05) is 24.6 Å². The van der Waals surface area contributed by atoms with E-state index in [1.807, 2.05) is 45.4 Å². The summed E-state index contributed by atoms with van der Waals surface area (Å²) in [5.74, 6) is 3.27. The first kappa shape index (κ1) is 16.4. The molecule has 0 amide bonds. The molecule has 23 heavy (non-hydrogen) atoms. The summed E-state index contributed by atoms with van der Waals surface area (Å²) in [4.78, 5) is 6.62. The molecule has 0 spiro atoms. The average molecular weight is 348 g/mol. The quantitative estimate of drug-likeness (QED) is 0.614. The van der Waals surface area contributed by atoms with Crippen molar-refractivity contribution in [1.29, 1.82) is 0 Å². The second-order valence-corrected chi connectivity index (χ2v) is 7.06. The van der Waals surface area contributed by atoms with Gasteiger partial charge in [0.15, 0.2) is 10.6 Å². The van der Waals surface area contributed by atoms with Gasteiger partial charge in [-0.3, -0.25) is 14.5 Å². The van der Waals surface area contributed by atoms with Gasteiger partial charge < -0.3 is 0 Å². The van der Waals surface area contributed by atoms with Crippen molar-refractivity contribution in [3.05, 3.63) is 42.0 Å². The lowest BCUT2D eigenvalue weighted by Crippen LogP contribution is -2.29. The molecule has 0 radical (unpaired) electrons. The van der Waals surface area contributed by atoms with E-state index in [0.717, 1.165) is 35.9 Å². The van der Waals surface area contributed by atoms with Crippen LogP contribution >= 0.6 is 24.0 Å². The molecule has 0 N–H and O–H groups in total. The second-order valence-electron chi connectivity index (χ2n) is 5.47. The smallest absolute Gasteiger partial charge is 0.199 e. The standard InChI is InChI=1S/C16H21N5S2/c1-2-7-20-15(14-5-3-6-17-12-14)18-21(16(20)22)13-19-8-4-10-23-11-9-19/h2-3,5-6,12H,1,4,7-11,13H2. The van der Waals surface area contributed by atoms with Crippen LogP contribution in [0.3, 0.4) is 0 Å². The van der Waals surface area contributed by atoms with Gasteiger partial charge >= 0.3 is 0 Å². The van der Waals surface area contributed by atoms with Crippen molar-refractivity contribution in [3.8, 4) is 11.4 Å². The summed E-state index contributed by atoms with van der Waals surface area (Å²) in [6.07, 6.45) is 6.66. The summed E-state index contributed by atoms with van der Waals surface area (Å²) >= 11 is 7.67. The highest BCUT2D eigenvalue weighted by Gasteiger charge is 2.15. The molecule has 2 aromatic heterocycles. The fourth-order valence-electron chi connectivity index (χ4n) is 2.66. The van der Waals surface area contributed by atoms with Crippen LogP contribution in [0.4, 0.5) is 0 Å². The first-order valence-electron chi connectivity index (χ1n) is 7.78. The molecule has 0 unspecified atom stereocenters. The van der Waals surface area contributed by atoms with E-state index < -0.39 is 0 Å². The maximum atomic E-state index is 5.64. The molecule has 1 saturated heterocycles. The van der Waals surface area contributed by atoms with E-state index in [9.17, 15) is 0 Å². The van der Waals surface area contributed by atoms with Gasteiger partial charge in [-0.1, -0.05) is 6.08 Å². The van der Waals surface area contributed by atoms with Crippen LogP contribution in [0, 0.1) is 4.77 Å². The van der Waals surface area contributed by atoms with Gasteiger partial charge in [0.1, 0.15) is 0 Å². The van der Waals surface area contributed by atoms with E-state index in [2.05, 4.69) is 16.5 Å². The van der Waals surface area contributed by atoms with Gasteiger partial charge in [-0.05, 0) is 36.5 Å². The number of nitrogens with zero attached hydrogens (tertiary/aromatic N) is 5. The Bertz CT molecular complexity index is 699. The van der Waals surface area contributed by atoms with Gasteiger partial charge in [0.25, 0.3) is 0 Å². The fraction of sp³-hybridized carbons (Fsp3) is 0.438. The third-order valence-electron chi connectivity index (χ3n) is 3.80. The van der Waals surface area contributed by atoms with E-state index in [1.165, 1.54) is 17.9 Å². The number of pyridine rings is 1. The molecule has 2 aromatic rings. The van der Waals surface area contributed by atoms with Crippen LogP contribution < -0.4 is 0 Å². The van der Waals surface area contributed by atoms with Crippen molar-refractivity contribution < 1.29 is 0 Å². The minimum Gasteiger partial charge on any atom is -0.296 e. The Labute approximate surface area is 146 Å². The summed E-state index contributed by atoms with van der Waals surface area (Å²) in [7, 11) is 0. The lowest BCUT2D eigenvalue weighted by atomic mass is 10.3. The zero-order valence-corrected chi connectivity index (χ0v) is 14.7. The predicted molar refractivity (Wildman–Crippen MR) is 98.0 cm³/mol. The lowest BCUT2D eigenvalue weighted by Gasteiger charge is -2.18. The van der Waals surface area contributed by atoms with Crippen LogP contribution in [-0.2, 0) is 13.2 Å². The summed E-state index contributed by atoms with van der Waals surface area (Å²) in [5.41, 5.74) is 0.977. The Morgan fingerprint density at radius 2 is 2.26 bits per heavy atom. The molecule has 7 heteroatoms. The van der Waals surface area contributed by atoms with E-state index in [1.54, 1.807) is 6.20 Å². The Hall–Kier alpha value is -1.44. The Kier molecular flexibility index (Phi) is 5.64. The zero-order chi connectivity index (χ0) is 16.1. The van der Waals surface area contributed by atoms with Crippen LogP contribution in [0.15, 0.2) is 37.2 Å². The summed E-state index contributed by atoms with van der Waals surface area (Å²) in [6.45, 7) is 7.42. The van der Waals surface area contributed by atoms with Gasteiger partial charge in [0, 0.05) is 43.3 Å². The molecule has 0 aliphatic carbocycles. The fourth-order valence-corrected chi connectivity index (χ4v) is 3.85. The normalized spacial score (nSPS) is 16.2. The highest BCUT2D eigenvalue weighted by atomic mass is 32.2. The monoisotopic (exact) mass is 347 g/mol. The number of allylic oxidation sites excluding steroid dienone is 1. The van der Waals surface area contributed by atoms with Gasteiger partial charge in [-0.2, -0.15) is 16.9 Å². The van der Waals surface area contributed by atoms with Crippen LogP contribution in [0.1, 0.15) is 6.42 Å². The third kappa shape index (κ3) is 3.91. The van der Waals surface area contributed by atoms with Crippen LogP contribution in [0.2, 0.25) is 0 Å². The number of aromatic nitrogens is 4. The molecular weight excluding hydrogens is 326 g/mol. The van der Waals surface area contributed by atoms with Gasteiger partial charge in [-0.15, -0.1) is 6.58 Å². The SMILES string of the molecule is C=CCn1c(-c2cccnc2)nn(CN2CCCSCC2)c1=S. The Morgan fingerprint density at radius 1 is 1.35 bits per heavy atom. The first-order valence-corrected chi connectivity index (χ1v) is 9.35. The van der Waals surface area contributed by atoms with E-state index in [4.69, 9.17) is 17.3 Å². The maximum absolute atomic E-state index is 5.64. The molecule has 1 aliphatic rings. The zero-order valence-electron chi connectivity index (χ0n) is 13.1. The van der Waals surface area contributed by atoms with Crippen molar-refractivity contribution in [3.63, 3.8) is 0 Å². The van der Waals surface area contributed by atoms with Crippen LogP contribution in [0.5, 0.6) is 0 Å². The Balaban J connectivity index is 1.91. The highest BCUT2D eigenvalue weighted by molar-refractivity contribution is 7.99. The number of thioether (sulfide) groups is 1. The summed E-state index contributed by atoms with van der Waals surface area (Å²) < 4.78 is 4.68. The van der Waals surface area contributed by atoms with E-state index in [0.29, 0.717) is 6.54 Å².